The third-order valence-corrected chi connectivity index (χ3v) is 5.21. The van der Waals surface area contributed by atoms with E-state index in [1.54, 1.807) is 30.5 Å². The second-order valence-corrected chi connectivity index (χ2v) is 7.37. The standard InChI is InChI=1S/C23H24N4O4/c24-26-21-18(13-16-7-3-1-4-8-16)14-27(23(29)25-21)20-12-11-19(31-20)15-30-22(28)17-9-5-2-6-10-17/h1-10,14,19-20H,11-13,15,24H2,(H,25,26,29)/t19-,20+/m0/s1. The van der Waals surface area contributed by atoms with Gasteiger partial charge >= 0.3 is 11.7 Å². The zero-order chi connectivity index (χ0) is 21.6. The fourth-order valence-corrected chi connectivity index (χ4v) is 3.63. The highest BCUT2D eigenvalue weighted by Crippen LogP contribution is 2.28. The third-order valence-electron chi connectivity index (χ3n) is 5.21. The summed E-state index contributed by atoms with van der Waals surface area (Å²) in [6, 6.07) is 18.7. The summed E-state index contributed by atoms with van der Waals surface area (Å²) < 4.78 is 12.8. The molecule has 0 aliphatic carbocycles. The predicted molar refractivity (Wildman–Crippen MR) is 115 cm³/mol. The molecule has 3 N–H and O–H groups in total. The number of carbonyl (C=O) groups excluding carboxylic acids is 1. The van der Waals surface area contributed by atoms with Gasteiger partial charge in [-0.15, -0.1) is 0 Å². The largest absolute Gasteiger partial charge is 0.459 e. The quantitative estimate of drug-likeness (QED) is 0.344. The van der Waals surface area contributed by atoms with Crippen molar-refractivity contribution in [2.24, 2.45) is 5.84 Å². The molecule has 1 aliphatic heterocycles. The summed E-state index contributed by atoms with van der Waals surface area (Å²) >= 11 is 0. The summed E-state index contributed by atoms with van der Waals surface area (Å²) in [4.78, 5) is 28.8. The number of ether oxygens (including phenoxy) is 2. The molecule has 2 aromatic carbocycles. The van der Waals surface area contributed by atoms with Crippen molar-refractivity contribution in [3.05, 3.63) is 94.0 Å². The third kappa shape index (κ3) is 4.99. The zero-order valence-electron chi connectivity index (χ0n) is 16.9. The smallest absolute Gasteiger partial charge is 0.351 e. The molecular formula is C23H24N4O4. The molecule has 1 aliphatic rings. The molecule has 0 radical (unpaired) electrons. The van der Waals surface area contributed by atoms with Crippen LogP contribution in [0.15, 0.2) is 71.7 Å². The Labute approximate surface area is 179 Å². The van der Waals surface area contributed by atoms with Crippen molar-refractivity contribution in [2.75, 3.05) is 12.0 Å². The molecule has 0 amide bonds. The van der Waals surface area contributed by atoms with Crippen LogP contribution in [-0.2, 0) is 15.9 Å². The number of anilines is 1. The van der Waals surface area contributed by atoms with Gasteiger partial charge in [0.1, 0.15) is 12.8 Å². The van der Waals surface area contributed by atoms with E-state index in [2.05, 4.69) is 10.4 Å². The highest BCUT2D eigenvalue weighted by Gasteiger charge is 2.29. The van der Waals surface area contributed by atoms with Crippen LogP contribution in [0.3, 0.4) is 0 Å². The Morgan fingerprint density at radius 2 is 1.84 bits per heavy atom. The van der Waals surface area contributed by atoms with E-state index in [0.29, 0.717) is 30.6 Å². The van der Waals surface area contributed by atoms with Crippen LogP contribution in [0.1, 0.15) is 40.6 Å². The van der Waals surface area contributed by atoms with Gasteiger partial charge in [0.05, 0.1) is 11.7 Å². The molecule has 8 heteroatoms. The topological polar surface area (TPSA) is 108 Å². The molecule has 31 heavy (non-hydrogen) atoms. The average Bonchev–Trinajstić information content (AvgIpc) is 3.28. The van der Waals surface area contributed by atoms with Crippen LogP contribution in [0.4, 0.5) is 5.82 Å². The van der Waals surface area contributed by atoms with E-state index in [1.807, 2.05) is 36.4 Å². The fourth-order valence-electron chi connectivity index (χ4n) is 3.63. The van der Waals surface area contributed by atoms with Gasteiger partial charge in [-0.1, -0.05) is 48.5 Å². The molecule has 0 spiro atoms. The molecule has 3 aromatic rings. The van der Waals surface area contributed by atoms with Gasteiger partial charge in [-0.2, -0.15) is 4.98 Å². The number of nitrogens with two attached hydrogens (primary N) is 1. The van der Waals surface area contributed by atoms with Gasteiger partial charge in [-0.25, -0.2) is 15.4 Å². The Morgan fingerprint density at radius 3 is 2.55 bits per heavy atom. The van der Waals surface area contributed by atoms with Crippen LogP contribution in [0, 0.1) is 0 Å². The molecule has 1 aromatic heterocycles. The number of nitrogens with one attached hydrogen (secondary N) is 1. The van der Waals surface area contributed by atoms with Gasteiger partial charge in [0, 0.05) is 18.2 Å². The van der Waals surface area contributed by atoms with Crippen molar-refractivity contribution in [3.8, 4) is 0 Å². The lowest BCUT2D eigenvalue weighted by Gasteiger charge is -2.18. The molecule has 2 atom stereocenters. The van der Waals surface area contributed by atoms with Gasteiger partial charge in [-0.3, -0.25) is 4.57 Å². The van der Waals surface area contributed by atoms with Gasteiger partial charge in [0.15, 0.2) is 5.82 Å². The van der Waals surface area contributed by atoms with Crippen molar-refractivity contribution in [1.29, 1.82) is 0 Å². The number of nitrogen functional groups attached to an aromatic ring is 1. The highest BCUT2D eigenvalue weighted by molar-refractivity contribution is 5.89. The van der Waals surface area contributed by atoms with E-state index < -0.39 is 17.9 Å². The van der Waals surface area contributed by atoms with Crippen molar-refractivity contribution in [3.63, 3.8) is 0 Å². The van der Waals surface area contributed by atoms with Gasteiger partial charge in [0.25, 0.3) is 0 Å². The first-order chi connectivity index (χ1) is 15.1. The summed E-state index contributed by atoms with van der Waals surface area (Å²) in [5.74, 6) is 5.52. The van der Waals surface area contributed by atoms with Gasteiger partial charge < -0.3 is 14.9 Å². The second-order valence-electron chi connectivity index (χ2n) is 7.37. The Hall–Kier alpha value is -3.49. The normalized spacial score (nSPS) is 18.0. The van der Waals surface area contributed by atoms with Crippen molar-refractivity contribution in [2.45, 2.75) is 31.6 Å². The summed E-state index contributed by atoms with van der Waals surface area (Å²) in [6.07, 6.45) is 2.84. The van der Waals surface area contributed by atoms with Gasteiger partial charge in [-0.05, 0) is 30.5 Å². The van der Waals surface area contributed by atoms with Crippen LogP contribution in [0.5, 0.6) is 0 Å². The summed E-state index contributed by atoms with van der Waals surface area (Å²) in [5.41, 5.74) is 4.42. The Balaban J connectivity index is 1.44. The average molecular weight is 420 g/mol. The lowest BCUT2D eigenvalue weighted by atomic mass is 10.1. The van der Waals surface area contributed by atoms with E-state index in [4.69, 9.17) is 15.3 Å². The Morgan fingerprint density at radius 1 is 1.13 bits per heavy atom. The fraction of sp³-hybridized carbons (Fsp3) is 0.261. The maximum Gasteiger partial charge on any atom is 0.351 e. The minimum absolute atomic E-state index is 0.131. The maximum atomic E-state index is 12.5. The minimum atomic E-state index is -0.471. The SMILES string of the molecule is NNc1nc(=O)n([C@H]2CC[C@@H](COC(=O)c3ccccc3)O2)cc1Cc1ccccc1. The van der Waals surface area contributed by atoms with Crippen molar-refractivity contribution >= 4 is 11.8 Å². The number of nitrogens with zero attached hydrogens (tertiary/aromatic N) is 2. The van der Waals surface area contributed by atoms with Crippen molar-refractivity contribution < 1.29 is 14.3 Å². The first kappa shape index (κ1) is 20.8. The van der Waals surface area contributed by atoms with Crippen LogP contribution in [0.25, 0.3) is 0 Å². The van der Waals surface area contributed by atoms with Gasteiger partial charge in [0.2, 0.25) is 0 Å². The number of rotatable bonds is 7. The van der Waals surface area contributed by atoms with E-state index in [-0.39, 0.29) is 12.7 Å². The number of benzene rings is 2. The predicted octanol–water partition coefficient (Wildman–Crippen LogP) is 2.65. The molecule has 0 unspecified atom stereocenters. The molecule has 160 valence electrons. The molecule has 4 rings (SSSR count). The van der Waals surface area contributed by atoms with E-state index in [9.17, 15) is 9.59 Å². The van der Waals surface area contributed by atoms with Crippen LogP contribution in [-0.4, -0.2) is 28.2 Å². The number of hydrazine groups is 1. The number of carbonyl (C=O) groups is 1. The lowest BCUT2D eigenvalue weighted by Crippen LogP contribution is -2.30. The Kier molecular flexibility index (Phi) is 6.40. The number of aromatic nitrogens is 2. The van der Waals surface area contributed by atoms with Crippen LogP contribution < -0.4 is 17.0 Å². The van der Waals surface area contributed by atoms with Crippen LogP contribution in [0.2, 0.25) is 0 Å². The molecule has 0 bridgehead atoms. The molecule has 1 fully saturated rings. The summed E-state index contributed by atoms with van der Waals surface area (Å²) in [6.45, 7) is 0.131. The zero-order valence-corrected chi connectivity index (χ0v) is 16.9. The van der Waals surface area contributed by atoms with Crippen LogP contribution >= 0.6 is 0 Å². The number of hydrogen-bond donors (Lipinski definition) is 2. The molecule has 1 saturated heterocycles. The maximum absolute atomic E-state index is 12.5. The molecule has 8 nitrogen and oxygen atoms in total. The monoisotopic (exact) mass is 420 g/mol. The number of hydrogen-bond acceptors (Lipinski definition) is 7. The number of esters is 1. The van der Waals surface area contributed by atoms with Crippen molar-refractivity contribution in [1.82, 2.24) is 9.55 Å². The minimum Gasteiger partial charge on any atom is -0.459 e. The molecule has 2 heterocycles. The first-order valence-electron chi connectivity index (χ1n) is 10.1. The second kappa shape index (κ2) is 9.55. The highest BCUT2D eigenvalue weighted by atomic mass is 16.6. The van der Waals surface area contributed by atoms with E-state index >= 15 is 0 Å². The van der Waals surface area contributed by atoms with E-state index in [1.165, 1.54) is 4.57 Å². The Bertz CT molecular complexity index is 1090. The summed E-state index contributed by atoms with van der Waals surface area (Å²) in [5, 5.41) is 0. The lowest BCUT2D eigenvalue weighted by molar-refractivity contribution is -0.0340. The molecule has 0 saturated carbocycles. The first-order valence-corrected chi connectivity index (χ1v) is 10.1. The summed E-state index contributed by atoms with van der Waals surface area (Å²) in [7, 11) is 0. The molecular weight excluding hydrogens is 396 g/mol. The van der Waals surface area contributed by atoms with E-state index in [0.717, 1.165) is 11.1 Å².